The molecule has 292 valence electrons. The molecule has 6 rings (SSSR count). The minimum atomic E-state index is -0.926. The molecule has 54 heavy (non-hydrogen) atoms. The highest BCUT2D eigenvalue weighted by Gasteiger charge is 2.52. The van der Waals surface area contributed by atoms with Gasteiger partial charge in [-0.15, -0.1) is 11.8 Å². The number of rotatable bonds is 9. The van der Waals surface area contributed by atoms with Crippen LogP contribution in [0, 0.1) is 23.2 Å². The number of aliphatic imine (C=N–C) groups is 2. The molecule has 0 radical (unpaired) electrons. The van der Waals surface area contributed by atoms with Crippen molar-refractivity contribution in [1.82, 2.24) is 20.3 Å². The van der Waals surface area contributed by atoms with Crippen LogP contribution in [0.1, 0.15) is 83.7 Å². The molecular weight excluding hydrogens is 708 g/mol. The predicted octanol–water partition coefficient (Wildman–Crippen LogP) is 6.22. The molecule has 13 heteroatoms. The number of aryl methyl sites for hydroxylation is 1. The first-order chi connectivity index (χ1) is 25.9. The molecular formula is C41H55FN6O5S. The largest absolute Gasteiger partial charge is 0.464 e. The number of halogens is 1. The predicted molar refractivity (Wildman–Crippen MR) is 213 cm³/mol. The molecule has 1 aromatic carbocycles. The molecule has 6 bridgehead atoms. The highest BCUT2D eigenvalue weighted by Crippen LogP contribution is 2.46. The number of carbonyl (C=O) groups excluding carboxylic acids is 3. The standard InChI is InChI=1S/C41H55FN6O5S/c1-9-26(36(43-10-2)24(5)52-8)37-28-19-41(6,7)22-53-40(51)30-13-12-16-48(46-30)39(50)31(45-38(49)35-23(4)29(35)20-42)18-34-44-32(21-54-34)25-14-15-33(27(28)17-25)47(37)11-3/h9-10,14-15,17,23-24,29-32,35,46H,1,11-13,16,18-22H2,2-8H3,(H,45,49)/b36-26+,43-10-/t23-,24+,29+,30+,31+,32?,35+/m1/s1. The fourth-order valence-corrected chi connectivity index (χ4v) is 9.30. The minimum Gasteiger partial charge on any atom is -0.464 e. The highest BCUT2D eigenvalue weighted by atomic mass is 32.2. The normalized spacial score (nSPS) is 28.3. The maximum atomic E-state index is 14.1. The van der Waals surface area contributed by atoms with E-state index in [1.807, 2.05) is 26.8 Å². The van der Waals surface area contributed by atoms with Crippen LogP contribution >= 0.6 is 11.8 Å². The van der Waals surface area contributed by atoms with Gasteiger partial charge < -0.3 is 19.4 Å². The van der Waals surface area contributed by atoms with E-state index in [9.17, 15) is 18.8 Å². The van der Waals surface area contributed by atoms with E-state index in [-0.39, 0.29) is 48.8 Å². The Morgan fingerprint density at radius 1 is 1.33 bits per heavy atom. The van der Waals surface area contributed by atoms with Crippen LogP contribution < -0.4 is 10.7 Å². The number of carbonyl (C=O) groups is 3. The second kappa shape index (κ2) is 16.5. The molecule has 4 aliphatic rings. The van der Waals surface area contributed by atoms with Crippen molar-refractivity contribution < 1.29 is 28.2 Å². The molecule has 11 nitrogen and oxygen atoms in total. The van der Waals surface area contributed by atoms with Crippen LogP contribution in [-0.4, -0.2) is 89.5 Å². The van der Waals surface area contributed by atoms with Gasteiger partial charge in [-0.05, 0) is 69.2 Å². The van der Waals surface area contributed by atoms with Crippen LogP contribution in [0.15, 0.2) is 46.5 Å². The summed E-state index contributed by atoms with van der Waals surface area (Å²) >= 11 is 1.58. The average molecular weight is 763 g/mol. The summed E-state index contributed by atoms with van der Waals surface area (Å²) in [4.78, 5) is 51.0. The molecule has 7 atom stereocenters. The third-order valence-corrected chi connectivity index (χ3v) is 12.5. The second-order valence-electron chi connectivity index (χ2n) is 15.7. The number of benzene rings is 1. The van der Waals surface area contributed by atoms with E-state index in [0.717, 1.165) is 44.0 Å². The van der Waals surface area contributed by atoms with Gasteiger partial charge in [0.2, 0.25) is 5.91 Å². The van der Waals surface area contributed by atoms with Crippen LogP contribution in [0.4, 0.5) is 4.39 Å². The molecule has 1 saturated carbocycles. The molecule has 2 fully saturated rings. The Morgan fingerprint density at radius 3 is 2.78 bits per heavy atom. The molecule has 1 unspecified atom stereocenters. The number of aromatic nitrogens is 1. The molecule has 0 spiro atoms. The van der Waals surface area contributed by atoms with Gasteiger partial charge in [-0.1, -0.05) is 39.5 Å². The van der Waals surface area contributed by atoms with Crippen LogP contribution in [0.2, 0.25) is 0 Å². The van der Waals surface area contributed by atoms with Gasteiger partial charge in [0.15, 0.2) is 0 Å². The third-order valence-electron chi connectivity index (χ3n) is 11.4. The molecule has 4 heterocycles. The van der Waals surface area contributed by atoms with Crippen molar-refractivity contribution in [1.29, 1.82) is 0 Å². The summed E-state index contributed by atoms with van der Waals surface area (Å²) < 4.78 is 27.7. The number of hydrazine groups is 1. The SMILES string of the molecule is C=C/C(=C(\N=C/C)[C@H](C)OC)c1c2c3cc(ccc3n1CC)C1CSC(=N1)C[C@H](NC(=O)[C@H]1[C@H](C)[C@@H]1CF)C(=O)N1CCC[C@H](N1)C(=O)OCC(C)(C)C2. The molecule has 2 N–H and O–H groups in total. The first-order valence-electron chi connectivity index (χ1n) is 19.2. The maximum absolute atomic E-state index is 14.1. The van der Waals surface area contributed by atoms with Gasteiger partial charge in [0, 0.05) is 72.3 Å². The van der Waals surface area contributed by atoms with E-state index < -0.39 is 36.1 Å². The van der Waals surface area contributed by atoms with Crippen LogP contribution in [0.25, 0.3) is 16.5 Å². The first-order valence-corrected chi connectivity index (χ1v) is 20.2. The summed E-state index contributed by atoms with van der Waals surface area (Å²) in [5, 5.41) is 6.23. The van der Waals surface area contributed by atoms with E-state index in [2.05, 4.69) is 60.9 Å². The Bertz CT molecular complexity index is 1890. The van der Waals surface area contributed by atoms with Gasteiger partial charge in [-0.3, -0.25) is 33.8 Å². The number of nitrogens with zero attached hydrogens (tertiary/aromatic N) is 4. The molecule has 1 saturated heterocycles. The lowest BCUT2D eigenvalue weighted by molar-refractivity contribution is -0.155. The number of methoxy groups -OCH3 is 1. The van der Waals surface area contributed by atoms with Gasteiger partial charge in [-0.2, -0.15) is 0 Å². The summed E-state index contributed by atoms with van der Waals surface area (Å²) in [6.45, 7) is 16.9. The monoisotopic (exact) mass is 762 g/mol. The number of thioether (sulfide) groups is 1. The number of nitrogens with one attached hydrogen (secondary N) is 2. The number of hydrogen-bond acceptors (Lipinski definition) is 9. The molecule has 2 aromatic rings. The Kier molecular flexibility index (Phi) is 12.2. The van der Waals surface area contributed by atoms with Gasteiger partial charge in [0.1, 0.15) is 12.1 Å². The number of fused-ring (bicyclic) bond motifs is 5. The molecule has 1 aliphatic carbocycles. The Hall–Kier alpha value is -3.81. The van der Waals surface area contributed by atoms with E-state index >= 15 is 0 Å². The van der Waals surface area contributed by atoms with Gasteiger partial charge in [-0.25, -0.2) is 5.43 Å². The van der Waals surface area contributed by atoms with Crippen LogP contribution in [0.5, 0.6) is 0 Å². The Balaban J connectivity index is 1.47. The summed E-state index contributed by atoms with van der Waals surface area (Å²) in [7, 11) is 1.67. The molecule has 2 amide bonds. The van der Waals surface area contributed by atoms with Crippen molar-refractivity contribution in [2.45, 2.75) is 98.0 Å². The zero-order valence-corrected chi connectivity index (χ0v) is 33.4. The lowest BCUT2D eigenvalue weighted by atomic mass is 9.84. The van der Waals surface area contributed by atoms with E-state index in [0.29, 0.717) is 38.1 Å². The number of cyclic esters (lactones) is 1. The van der Waals surface area contributed by atoms with Gasteiger partial charge >= 0.3 is 5.97 Å². The van der Waals surface area contributed by atoms with Crippen molar-refractivity contribution in [3.8, 4) is 0 Å². The number of esters is 1. The maximum Gasteiger partial charge on any atom is 0.324 e. The average Bonchev–Trinajstić information content (AvgIpc) is 3.45. The van der Waals surface area contributed by atoms with Crippen molar-refractivity contribution in [3.05, 3.63) is 53.4 Å². The lowest BCUT2D eigenvalue weighted by Gasteiger charge is -2.35. The Labute approximate surface area is 322 Å². The minimum absolute atomic E-state index is 0.0845. The van der Waals surface area contributed by atoms with E-state index in [1.54, 1.807) is 25.1 Å². The second-order valence-corrected chi connectivity index (χ2v) is 16.8. The fraction of sp³-hybridized carbons (Fsp3) is 0.585. The number of amides is 2. The number of ether oxygens (including phenoxy) is 2. The zero-order valence-electron chi connectivity index (χ0n) is 32.6. The first kappa shape index (κ1) is 39.9. The van der Waals surface area contributed by atoms with E-state index in [1.165, 1.54) is 5.01 Å². The van der Waals surface area contributed by atoms with Crippen molar-refractivity contribution in [2.75, 3.05) is 32.7 Å². The van der Waals surface area contributed by atoms with Crippen LogP contribution in [-0.2, 0) is 36.8 Å². The van der Waals surface area contributed by atoms with Crippen LogP contribution in [0.3, 0.4) is 0 Å². The number of allylic oxidation sites excluding steroid dienone is 2. The summed E-state index contributed by atoms with van der Waals surface area (Å²) in [5.41, 5.74) is 8.49. The van der Waals surface area contributed by atoms with Crippen molar-refractivity contribution >= 4 is 57.3 Å². The number of hydrogen-bond donors (Lipinski definition) is 2. The van der Waals surface area contributed by atoms with E-state index in [4.69, 9.17) is 19.5 Å². The lowest BCUT2D eigenvalue weighted by Crippen LogP contribution is -2.60. The summed E-state index contributed by atoms with van der Waals surface area (Å²) in [6.07, 6.45) is 5.21. The molecule has 1 aromatic heterocycles. The number of alkyl halides is 1. The quantitative estimate of drug-likeness (QED) is 0.177. The zero-order chi connectivity index (χ0) is 38.9. The summed E-state index contributed by atoms with van der Waals surface area (Å²) in [6, 6.07) is 4.69. The highest BCUT2D eigenvalue weighted by molar-refractivity contribution is 8.14. The smallest absolute Gasteiger partial charge is 0.324 e. The topological polar surface area (TPSA) is 127 Å². The van der Waals surface area contributed by atoms with Gasteiger partial charge in [0.25, 0.3) is 5.91 Å². The Morgan fingerprint density at radius 2 is 2.11 bits per heavy atom. The summed E-state index contributed by atoms with van der Waals surface area (Å²) in [5.74, 6) is -1.31. The van der Waals surface area contributed by atoms with Crippen molar-refractivity contribution in [2.24, 2.45) is 33.2 Å². The fourth-order valence-electron chi connectivity index (χ4n) is 8.19. The molecule has 3 aliphatic heterocycles. The third kappa shape index (κ3) is 7.95. The van der Waals surface area contributed by atoms with Crippen molar-refractivity contribution in [3.63, 3.8) is 0 Å². The van der Waals surface area contributed by atoms with Gasteiger partial charge in [0.05, 0.1) is 41.9 Å².